The van der Waals surface area contributed by atoms with Gasteiger partial charge in [-0.25, -0.2) is 4.39 Å². The van der Waals surface area contributed by atoms with Crippen LogP contribution in [0.5, 0.6) is 0 Å². The lowest BCUT2D eigenvalue weighted by atomic mass is 10.0. The number of carbonyl (C=O) groups is 1. The van der Waals surface area contributed by atoms with Gasteiger partial charge in [-0.3, -0.25) is 4.79 Å². The molecule has 3 aromatic rings. The van der Waals surface area contributed by atoms with E-state index in [4.69, 9.17) is 4.42 Å². The number of benzene rings is 2. The summed E-state index contributed by atoms with van der Waals surface area (Å²) in [6, 6.07) is 13.3. The molecular formula is C19H16FNO3. The molecule has 2 aromatic carbocycles. The summed E-state index contributed by atoms with van der Waals surface area (Å²) in [5.74, 6) is -0.255. The van der Waals surface area contributed by atoms with Crippen LogP contribution in [0.4, 0.5) is 4.39 Å². The minimum absolute atomic E-state index is 0.0392. The Labute approximate surface area is 138 Å². The van der Waals surface area contributed by atoms with E-state index in [1.165, 1.54) is 4.90 Å². The fraction of sp³-hybridized carbons (Fsp3) is 0.211. The van der Waals surface area contributed by atoms with Crippen molar-refractivity contribution >= 4 is 16.7 Å². The summed E-state index contributed by atoms with van der Waals surface area (Å²) in [7, 11) is 0. The Kier molecular flexibility index (Phi) is 3.58. The number of aliphatic hydroxyl groups is 1. The van der Waals surface area contributed by atoms with Gasteiger partial charge in [0.25, 0.3) is 5.91 Å². The lowest BCUT2D eigenvalue weighted by molar-refractivity contribution is 0.0764. The number of amides is 1. The lowest BCUT2D eigenvalue weighted by Crippen LogP contribution is -2.29. The van der Waals surface area contributed by atoms with Crippen molar-refractivity contribution in [2.75, 3.05) is 13.1 Å². The van der Waals surface area contributed by atoms with Crippen molar-refractivity contribution in [3.8, 4) is 11.1 Å². The predicted octanol–water partition coefficient (Wildman–Crippen LogP) is 3.25. The maximum Gasteiger partial charge on any atom is 0.254 e. The van der Waals surface area contributed by atoms with E-state index in [0.29, 0.717) is 5.56 Å². The minimum atomic E-state index is -1.37. The van der Waals surface area contributed by atoms with E-state index >= 15 is 0 Å². The molecule has 0 saturated carbocycles. The molecule has 1 aromatic heterocycles. The Morgan fingerprint density at radius 2 is 1.88 bits per heavy atom. The molecule has 2 atom stereocenters. The largest absolute Gasteiger partial charge is 0.472 e. The monoisotopic (exact) mass is 325 g/mol. The molecule has 1 aliphatic rings. The average Bonchev–Trinajstić information content (AvgIpc) is 3.24. The van der Waals surface area contributed by atoms with Gasteiger partial charge in [-0.2, -0.15) is 0 Å². The Morgan fingerprint density at radius 1 is 1.08 bits per heavy atom. The van der Waals surface area contributed by atoms with Gasteiger partial charge >= 0.3 is 0 Å². The summed E-state index contributed by atoms with van der Waals surface area (Å²) in [6.07, 6.45) is 0.855. The van der Waals surface area contributed by atoms with Crippen molar-refractivity contribution in [2.45, 2.75) is 12.3 Å². The van der Waals surface area contributed by atoms with Crippen LogP contribution in [-0.2, 0) is 0 Å². The first kappa shape index (κ1) is 14.9. The van der Waals surface area contributed by atoms with E-state index in [2.05, 4.69) is 0 Å². The summed E-state index contributed by atoms with van der Waals surface area (Å²) in [5, 5.41) is 11.4. The molecule has 4 rings (SSSR count). The van der Waals surface area contributed by atoms with Crippen LogP contribution in [-0.4, -0.2) is 41.3 Å². The predicted molar refractivity (Wildman–Crippen MR) is 88.5 cm³/mol. The molecule has 0 bridgehead atoms. The number of fused-ring (bicyclic) bond motifs is 1. The molecule has 2 heterocycles. The van der Waals surface area contributed by atoms with Crippen molar-refractivity contribution in [3.63, 3.8) is 0 Å². The normalized spacial score (nSPS) is 20.7. The van der Waals surface area contributed by atoms with Gasteiger partial charge in [0.1, 0.15) is 12.3 Å². The number of β-amino-alcohol motifs (C(OH)–C–C–N with tert-alkyl or cyclic N) is 1. The second-order valence-corrected chi connectivity index (χ2v) is 6.08. The van der Waals surface area contributed by atoms with Crippen molar-refractivity contribution < 1.29 is 18.7 Å². The maximum atomic E-state index is 13.4. The fourth-order valence-corrected chi connectivity index (χ4v) is 3.08. The Hall–Kier alpha value is -2.66. The standard InChI is InChI=1S/C19H16FNO3/c20-17-9-21(10-18(17)22)19(23)15-4-3-12-7-14(2-1-13(12)8-15)16-5-6-24-11-16/h1-8,11,17-18,22H,9-10H2/t17-,18-/m1/s1. The zero-order valence-electron chi connectivity index (χ0n) is 12.9. The smallest absolute Gasteiger partial charge is 0.254 e. The average molecular weight is 325 g/mol. The highest BCUT2D eigenvalue weighted by molar-refractivity contribution is 5.99. The third-order valence-electron chi connectivity index (χ3n) is 4.45. The van der Waals surface area contributed by atoms with Gasteiger partial charge in [0, 0.05) is 17.7 Å². The number of hydrogen-bond donors (Lipinski definition) is 1. The molecule has 1 amide bonds. The SMILES string of the molecule is O=C(c1ccc2cc(-c3ccoc3)ccc2c1)N1C[C@@H](O)[C@H](F)C1. The van der Waals surface area contributed by atoms with Crippen molar-refractivity contribution in [2.24, 2.45) is 0 Å². The third kappa shape index (κ3) is 2.57. The lowest BCUT2D eigenvalue weighted by Gasteiger charge is -2.15. The van der Waals surface area contributed by atoms with Crippen LogP contribution < -0.4 is 0 Å². The quantitative estimate of drug-likeness (QED) is 0.787. The molecule has 0 spiro atoms. The van der Waals surface area contributed by atoms with Crippen LogP contribution in [0.1, 0.15) is 10.4 Å². The third-order valence-corrected chi connectivity index (χ3v) is 4.45. The number of carbonyl (C=O) groups excluding carboxylic acids is 1. The Bertz CT molecular complexity index is 881. The summed E-state index contributed by atoms with van der Waals surface area (Å²) in [6.45, 7) is -0.0189. The number of aliphatic hydroxyl groups excluding tert-OH is 1. The van der Waals surface area contributed by atoms with Gasteiger partial charge < -0.3 is 14.4 Å². The zero-order chi connectivity index (χ0) is 16.7. The van der Waals surface area contributed by atoms with Gasteiger partial charge in [-0.15, -0.1) is 0 Å². The zero-order valence-corrected chi connectivity index (χ0v) is 12.9. The van der Waals surface area contributed by atoms with E-state index in [9.17, 15) is 14.3 Å². The molecule has 1 fully saturated rings. The first-order valence-corrected chi connectivity index (χ1v) is 7.79. The first-order valence-electron chi connectivity index (χ1n) is 7.79. The van der Waals surface area contributed by atoms with Gasteiger partial charge in [0.2, 0.25) is 0 Å². The molecule has 5 heteroatoms. The topological polar surface area (TPSA) is 53.7 Å². The molecule has 1 aliphatic heterocycles. The van der Waals surface area contributed by atoms with Gasteiger partial charge in [0.05, 0.1) is 19.1 Å². The van der Waals surface area contributed by atoms with Crippen LogP contribution in [0.25, 0.3) is 21.9 Å². The maximum absolute atomic E-state index is 13.4. The second kappa shape index (κ2) is 5.76. The summed E-state index contributed by atoms with van der Waals surface area (Å²) in [4.78, 5) is 13.8. The number of hydrogen-bond acceptors (Lipinski definition) is 3. The molecule has 0 radical (unpaired) electrons. The summed E-state index contributed by atoms with van der Waals surface area (Å²) < 4.78 is 18.5. The molecule has 1 saturated heterocycles. The molecule has 0 aliphatic carbocycles. The van der Waals surface area contributed by atoms with Gasteiger partial charge in [0.15, 0.2) is 0 Å². The number of rotatable bonds is 2. The summed E-state index contributed by atoms with van der Waals surface area (Å²) >= 11 is 0. The van der Waals surface area contributed by atoms with Gasteiger partial charge in [-0.05, 0) is 40.6 Å². The molecule has 0 unspecified atom stereocenters. The molecule has 122 valence electrons. The van der Waals surface area contributed by atoms with Crippen molar-refractivity contribution in [3.05, 3.63) is 60.6 Å². The van der Waals surface area contributed by atoms with Crippen LogP contribution in [0.15, 0.2) is 59.4 Å². The van der Waals surface area contributed by atoms with E-state index in [1.807, 2.05) is 30.3 Å². The highest BCUT2D eigenvalue weighted by Crippen LogP contribution is 2.26. The summed E-state index contributed by atoms with van der Waals surface area (Å²) in [5.41, 5.74) is 2.54. The highest BCUT2D eigenvalue weighted by atomic mass is 19.1. The number of likely N-dealkylation sites (tertiary alicyclic amines) is 1. The fourth-order valence-electron chi connectivity index (χ4n) is 3.08. The van der Waals surface area contributed by atoms with E-state index in [-0.39, 0.29) is 19.0 Å². The van der Waals surface area contributed by atoms with Crippen molar-refractivity contribution in [1.82, 2.24) is 4.90 Å². The highest BCUT2D eigenvalue weighted by Gasteiger charge is 2.34. The van der Waals surface area contributed by atoms with Crippen LogP contribution >= 0.6 is 0 Å². The van der Waals surface area contributed by atoms with E-state index in [0.717, 1.165) is 21.9 Å². The van der Waals surface area contributed by atoms with Crippen LogP contribution in [0, 0.1) is 0 Å². The van der Waals surface area contributed by atoms with E-state index < -0.39 is 12.3 Å². The Morgan fingerprint density at radius 3 is 2.58 bits per heavy atom. The number of furan rings is 1. The number of nitrogens with zero attached hydrogens (tertiary/aromatic N) is 1. The molecule has 24 heavy (non-hydrogen) atoms. The number of halogens is 1. The first-order chi connectivity index (χ1) is 11.6. The van der Waals surface area contributed by atoms with Gasteiger partial charge in [-0.1, -0.05) is 18.2 Å². The van der Waals surface area contributed by atoms with E-state index in [1.54, 1.807) is 24.7 Å². The molecule has 4 nitrogen and oxygen atoms in total. The van der Waals surface area contributed by atoms with Crippen LogP contribution in [0.3, 0.4) is 0 Å². The molecular weight excluding hydrogens is 309 g/mol. The Balaban J connectivity index is 1.64. The molecule has 1 N–H and O–H groups in total. The van der Waals surface area contributed by atoms with Crippen molar-refractivity contribution in [1.29, 1.82) is 0 Å². The van der Waals surface area contributed by atoms with Crippen LogP contribution in [0.2, 0.25) is 0 Å². The number of alkyl halides is 1. The minimum Gasteiger partial charge on any atom is -0.472 e. The second-order valence-electron chi connectivity index (χ2n) is 6.08.